The Bertz CT molecular complexity index is 430. The van der Waals surface area contributed by atoms with Crippen molar-refractivity contribution in [3.05, 3.63) is 22.8 Å². The molecule has 0 spiro atoms. The number of aromatic carboxylic acids is 1. The number of ether oxygens (including phenoxy) is 1. The largest absolute Gasteiger partial charge is 0.478 e. The van der Waals surface area contributed by atoms with Crippen LogP contribution in [0.5, 0.6) is 5.88 Å². The number of hydrogen-bond acceptors (Lipinski definition) is 3. The molecule has 0 aliphatic heterocycles. The number of carboxylic acid groups (broad SMARTS) is 1. The molecule has 0 aromatic carbocycles. The van der Waals surface area contributed by atoms with E-state index in [4.69, 9.17) is 21.4 Å². The van der Waals surface area contributed by atoms with Gasteiger partial charge >= 0.3 is 5.97 Å². The second-order valence-electron chi connectivity index (χ2n) is 4.63. The zero-order valence-corrected chi connectivity index (χ0v) is 10.8. The zero-order chi connectivity index (χ0) is 13.0. The van der Waals surface area contributed by atoms with E-state index < -0.39 is 5.97 Å². The summed E-state index contributed by atoms with van der Waals surface area (Å²) in [5.74, 6) is -0.147. The molecule has 0 atom stereocenters. The number of nitrogens with zero attached hydrogens (tertiary/aromatic N) is 1. The number of carboxylic acids is 1. The van der Waals surface area contributed by atoms with E-state index in [1.807, 2.05) is 0 Å². The fourth-order valence-corrected chi connectivity index (χ4v) is 2.42. The normalized spacial score (nSPS) is 16.5. The van der Waals surface area contributed by atoms with E-state index in [0.717, 1.165) is 0 Å². The summed E-state index contributed by atoms with van der Waals surface area (Å²) < 4.78 is 5.58. The van der Waals surface area contributed by atoms with Crippen LogP contribution in [0.25, 0.3) is 0 Å². The Morgan fingerprint density at radius 2 is 2.17 bits per heavy atom. The lowest BCUT2D eigenvalue weighted by atomic mass is 9.90. The summed E-state index contributed by atoms with van der Waals surface area (Å²) in [6.45, 7) is 0.610. The monoisotopic (exact) mass is 269 g/mol. The lowest BCUT2D eigenvalue weighted by Crippen LogP contribution is -2.16. The maximum absolute atomic E-state index is 10.7. The third-order valence-electron chi connectivity index (χ3n) is 3.23. The summed E-state index contributed by atoms with van der Waals surface area (Å²) in [5, 5.41) is 9.05. The van der Waals surface area contributed by atoms with Crippen LogP contribution in [0, 0.1) is 5.92 Å². The van der Waals surface area contributed by atoms with E-state index in [1.165, 1.54) is 44.4 Å². The molecular weight excluding hydrogens is 254 g/mol. The van der Waals surface area contributed by atoms with Crippen LogP contribution in [0.2, 0.25) is 5.02 Å². The van der Waals surface area contributed by atoms with Crippen molar-refractivity contribution in [2.24, 2.45) is 5.92 Å². The molecule has 1 aromatic rings. The number of aromatic nitrogens is 1. The number of pyridine rings is 1. The zero-order valence-electron chi connectivity index (χ0n) is 10.1. The summed E-state index contributed by atoms with van der Waals surface area (Å²) >= 11 is 5.94. The average molecular weight is 270 g/mol. The van der Waals surface area contributed by atoms with E-state index in [0.29, 0.717) is 18.4 Å². The van der Waals surface area contributed by atoms with Gasteiger partial charge in [-0.15, -0.1) is 0 Å². The van der Waals surface area contributed by atoms with Crippen LogP contribution < -0.4 is 4.74 Å². The van der Waals surface area contributed by atoms with Crippen molar-refractivity contribution in [1.82, 2.24) is 4.98 Å². The van der Waals surface area contributed by atoms with Crippen molar-refractivity contribution in [2.75, 3.05) is 6.61 Å². The van der Waals surface area contributed by atoms with E-state index >= 15 is 0 Å². The van der Waals surface area contributed by atoms with Gasteiger partial charge in [-0.05, 0) is 24.8 Å². The molecule has 1 heterocycles. The van der Waals surface area contributed by atoms with Crippen LogP contribution in [-0.4, -0.2) is 22.7 Å². The molecule has 2 rings (SSSR count). The molecule has 1 aromatic heterocycles. The number of rotatable bonds is 4. The van der Waals surface area contributed by atoms with Gasteiger partial charge in [-0.1, -0.05) is 30.9 Å². The van der Waals surface area contributed by atoms with Gasteiger partial charge in [0.15, 0.2) is 0 Å². The van der Waals surface area contributed by atoms with Crippen molar-refractivity contribution in [2.45, 2.75) is 32.1 Å². The van der Waals surface area contributed by atoms with Gasteiger partial charge in [0.05, 0.1) is 12.2 Å². The lowest BCUT2D eigenvalue weighted by Gasteiger charge is -2.21. The Hall–Kier alpha value is -1.29. The van der Waals surface area contributed by atoms with E-state index in [1.54, 1.807) is 0 Å². The van der Waals surface area contributed by atoms with Gasteiger partial charge < -0.3 is 9.84 Å². The standard InChI is InChI=1S/C13H16ClNO3/c14-11-6-10(13(16)17)7-15-12(11)18-8-9-4-2-1-3-5-9/h6-7,9H,1-5,8H2,(H,16,17). The van der Waals surface area contributed by atoms with Crippen LogP contribution in [0.3, 0.4) is 0 Å². The summed E-state index contributed by atoms with van der Waals surface area (Å²) in [6, 6.07) is 1.37. The maximum Gasteiger partial charge on any atom is 0.337 e. The minimum atomic E-state index is -1.04. The number of carbonyl (C=O) groups is 1. The van der Waals surface area contributed by atoms with Gasteiger partial charge in [0.25, 0.3) is 0 Å². The third kappa shape index (κ3) is 3.35. The molecule has 1 fully saturated rings. The van der Waals surface area contributed by atoms with Crippen LogP contribution in [0.1, 0.15) is 42.5 Å². The highest BCUT2D eigenvalue weighted by Crippen LogP contribution is 2.27. The van der Waals surface area contributed by atoms with E-state index in [-0.39, 0.29) is 10.6 Å². The van der Waals surface area contributed by atoms with Crippen molar-refractivity contribution >= 4 is 17.6 Å². The van der Waals surface area contributed by atoms with Gasteiger partial charge in [-0.3, -0.25) is 0 Å². The maximum atomic E-state index is 10.7. The first-order valence-corrected chi connectivity index (χ1v) is 6.56. The van der Waals surface area contributed by atoms with Gasteiger partial charge in [0.1, 0.15) is 5.02 Å². The lowest BCUT2D eigenvalue weighted by molar-refractivity contribution is 0.0696. The predicted molar refractivity (Wildman–Crippen MR) is 68.3 cm³/mol. The molecule has 0 bridgehead atoms. The first-order chi connectivity index (χ1) is 8.66. The molecule has 1 N–H and O–H groups in total. The van der Waals surface area contributed by atoms with Crippen LogP contribution >= 0.6 is 11.6 Å². The SMILES string of the molecule is O=C(O)c1cnc(OCC2CCCCC2)c(Cl)c1. The first kappa shape index (κ1) is 13.1. The second-order valence-corrected chi connectivity index (χ2v) is 5.04. The van der Waals surface area contributed by atoms with Crippen molar-refractivity contribution in [3.63, 3.8) is 0 Å². The molecule has 0 unspecified atom stereocenters. The Kier molecular flexibility index (Phi) is 4.42. The first-order valence-electron chi connectivity index (χ1n) is 6.18. The molecule has 0 radical (unpaired) electrons. The van der Waals surface area contributed by atoms with Crippen LogP contribution in [-0.2, 0) is 0 Å². The molecule has 1 aliphatic carbocycles. The van der Waals surface area contributed by atoms with Gasteiger partial charge in [-0.2, -0.15) is 0 Å². The summed E-state index contributed by atoms with van der Waals surface area (Å²) in [7, 11) is 0. The minimum Gasteiger partial charge on any atom is -0.478 e. The number of hydrogen-bond donors (Lipinski definition) is 1. The van der Waals surface area contributed by atoms with Gasteiger partial charge in [-0.25, -0.2) is 9.78 Å². The molecule has 0 amide bonds. The Morgan fingerprint density at radius 3 is 2.78 bits per heavy atom. The third-order valence-corrected chi connectivity index (χ3v) is 3.51. The molecule has 4 nitrogen and oxygen atoms in total. The van der Waals surface area contributed by atoms with Crippen LogP contribution in [0.15, 0.2) is 12.3 Å². The van der Waals surface area contributed by atoms with E-state index in [9.17, 15) is 4.79 Å². The predicted octanol–water partition coefficient (Wildman–Crippen LogP) is 3.39. The molecule has 18 heavy (non-hydrogen) atoms. The topological polar surface area (TPSA) is 59.4 Å². The Morgan fingerprint density at radius 1 is 1.44 bits per heavy atom. The fraction of sp³-hybridized carbons (Fsp3) is 0.538. The van der Waals surface area contributed by atoms with Crippen LogP contribution in [0.4, 0.5) is 0 Å². The quantitative estimate of drug-likeness (QED) is 0.910. The van der Waals surface area contributed by atoms with Gasteiger partial charge in [0, 0.05) is 6.20 Å². The summed E-state index contributed by atoms with van der Waals surface area (Å²) in [5.41, 5.74) is 0.0741. The van der Waals surface area contributed by atoms with Crippen molar-refractivity contribution in [3.8, 4) is 5.88 Å². The molecule has 5 heteroatoms. The van der Waals surface area contributed by atoms with Crippen molar-refractivity contribution in [1.29, 1.82) is 0 Å². The Labute approximate surface area is 111 Å². The minimum absolute atomic E-state index is 0.0741. The van der Waals surface area contributed by atoms with Crippen molar-refractivity contribution < 1.29 is 14.6 Å². The highest BCUT2D eigenvalue weighted by atomic mass is 35.5. The summed E-state index contributed by atoms with van der Waals surface area (Å²) in [4.78, 5) is 14.7. The number of halogens is 1. The second kappa shape index (κ2) is 6.05. The molecule has 98 valence electrons. The van der Waals surface area contributed by atoms with Gasteiger partial charge in [0.2, 0.25) is 5.88 Å². The fourth-order valence-electron chi connectivity index (χ4n) is 2.20. The molecule has 1 aliphatic rings. The van der Waals surface area contributed by atoms with E-state index in [2.05, 4.69) is 4.98 Å². The molecular formula is C13H16ClNO3. The highest BCUT2D eigenvalue weighted by molar-refractivity contribution is 6.32. The smallest absolute Gasteiger partial charge is 0.337 e. The average Bonchev–Trinajstić information content (AvgIpc) is 2.38. The highest BCUT2D eigenvalue weighted by Gasteiger charge is 2.15. The summed E-state index contributed by atoms with van der Waals surface area (Å²) in [6.07, 6.45) is 7.46. The molecule has 1 saturated carbocycles. The molecule has 0 saturated heterocycles. The Balaban J connectivity index is 1.94.